The Labute approximate surface area is 442 Å². The number of thiazole rings is 1. The number of piperidine rings is 1. The molecule has 0 radical (unpaired) electrons. The molecule has 0 saturated carbocycles. The molecule has 6 N–H and O–H groups in total. The molecule has 0 aliphatic carbocycles. The summed E-state index contributed by atoms with van der Waals surface area (Å²) >= 11 is 1.33. The van der Waals surface area contributed by atoms with E-state index in [4.69, 9.17) is 14.6 Å². The number of phenolic OH excluding ortho intramolecular Hbond substituents is 1. The lowest BCUT2D eigenvalue weighted by molar-refractivity contribution is -0.388. The highest BCUT2D eigenvalue weighted by atomic mass is 33.1. The monoisotopic (exact) mass is 1080 g/mol. The Bertz CT molecular complexity index is 2100. The van der Waals surface area contributed by atoms with Gasteiger partial charge in [0.1, 0.15) is 30.8 Å². The zero-order valence-corrected chi connectivity index (χ0v) is 46.2. The predicted molar refractivity (Wildman–Crippen MR) is 287 cm³/mol. The van der Waals surface area contributed by atoms with Crippen LogP contribution in [0.4, 0.5) is 10.5 Å². The van der Waals surface area contributed by atoms with Crippen LogP contribution < -0.4 is 21.5 Å². The maximum Gasteiger partial charge on any atom is 0.426 e. The van der Waals surface area contributed by atoms with E-state index in [1.807, 2.05) is 20.9 Å². The van der Waals surface area contributed by atoms with Gasteiger partial charge < -0.3 is 35.2 Å². The first-order valence-corrected chi connectivity index (χ1v) is 28.3. The molecule has 23 heteroatoms. The Morgan fingerprint density at radius 3 is 2.40 bits per heavy atom. The lowest BCUT2D eigenvalue weighted by Crippen LogP contribution is -2.57. The average molecular weight is 1080 g/mol. The second-order valence-electron chi connectivity index (χ2n) is 17.6. The van der Waals surface area contributed by atoms with Crippen LogP contribution >= 0.6 is 32.9 Å². The highest BCUT2D eigenvalue weighted by Crippen LogP contribution is 2.35. The van der Waals surface area contributed by atoms with Gasteiger partial charge in [-0.1, -0.05) is 96.6 Å². The van der Waals surface area contributed by atoms with Gasteiger partial charge in [0, 0.05) is 62.0 Å². The number of amides is 5. The van der Waals surface area contributed by atoms with Crippen molar-refractivity contribution in [1.29, 1.82) is 0 Å². The number of phenols is 1. The minimum atomic E-state index is -0.898. The van der Waals surface area contributed by atoms with Gasteiger partial charge in [0.15, 0.2) is 5.03 Å². The number of hydrogen-bond donors (Lipinski definition) is 6. The number of ether oxygens (including phenoxy) is 2. The molecule has 4 unspecified atom stereocenters. The summed E-state index contributed by atoms with van der Waals surface area (Å²) in [5.41, 5.74) is 5.47. The predicted octanol–water partition coefficient (Wildman–Crippen LogP) is 7.68. The molecule has 3 heterocycles. The summed E-state index contributed by atoms with van der Waals surface area (Å²) in [6.07, 6.45) is 9.75. The van der Waals surface area contributed by atoms with Gasteiger partial charge in [-0.3, -0.25) is 39.6 Å². The van der Waals surface area contributed by atoms with Crippen LogP contribution in [-0.4, -0.2) is 136 Å². The Morgan fingerprint density at radius 1 is 1.00 bits per heavy atom. The summed E-state index contributed by atoms with van der Waals surface area (Å²) in [5, 5.41) is 36.8. The first-order chi connectivity index (χ1) is 35.1. The number of aliphatic hydroxyl groups excluding tert-OH is 1. The number of aliphatic hydroxyl groups is 1. The molecule has 408 valence electrons. The van der Waals surface area contributed by atoms with Crippen LogP contribution in [0.1, 0.15) is 127 Å². The van der Waals surface area contributed by atoms with Gasteiger partial charge in [-0.25, -0.2) is 20.2 Å². The fourth-order valence-corrected chi connectivity index (χ4v) is 10.1. The normalized spacial score (nSPS) is 14.8. The number of aryl methyl sites for hydroxylation is 1. The molecule has 4 rings (SSSR count). The quantitative estimate of drug-likeness (QED) is 0.0134. The summed E-state index contributed by atoms with van der Waals surface area (Å²) < 4.78 is 11.1. The fourth-order valence-electron chi connectivity index (χ4n) is 7.38. The maximum absolute atomic E-state index is 14.2. The topological polar surface area (TPSA) is 268 Å². The van der Waals surface area contributed by atoms with E-state index < -0.39 is 40.8 Å². The molecule has 3 aromatic rings. The Kier molecular flexibility index (Phi) is 32.3. The smallest absolute Gasteiger partial charge is 0.426 e. The molecule has 5 amide bonds. The molecule has 5 atom stereocenters. The Balaban J connectivity index is 0.00000351. The number of unbranched alkanes of at least 4 members (excludes halogenated alkanes) is 2. The van der Waals surface area contributed by atoms with Gasteiger partial charge in [-0.05, 0) is 92.6 Å². The molecule has 0 spiro atoms. The van der Waals surface area contributed by atoms with Gasteiger partial charge in [0.2, 0.25) is 17.7 Å². The largest absolute Gasteiger partial charge is 0.508 e. The van der Waals surface area contributed by atoms with Gasteiger partial charge >= 0.3 is 11.8 Å². The highest BCUT2D eigenvalue weighted by Gasteiger charge is 2.34. The van der Waals surface area contributed by atoms with Crippen molar-refractivity contribution in [3.8, 4) is 5.75 Å². The number of rotatable bonds is 28. The molecule has 1 aromatic carbocycles. The molecule has 2 aromatic heterocycles. The number of carbonyl (C=O) groups is 5. The van der Waals surface area contributed by atoms with Gasteiger partial charge in [0.25, 0.3) is 5.91 Å². The van der Waals surface area contributed by atoms with E-state index in [2.05, 4.69) is 57.1 Å². The van der Waals surface area contributed by atoms with E-state index in [1.165, 1.54) is 59.0 Å². The molecular formula is C50H79N9O11S3. The summed E-state index contributed by atoms with van der Waals surface area (Å²) in [6, 6.07) is 7.83. The molecular weight excluding hydrogens is 999 g/mol. The van der Waals surface area contributed by atoms with Crippen LogP contribution in [0.15, 0.2) is 53.0 Å². The number of hydrogen-bond acceptors (Lipinski definition) is 17. The lowest BCUT2D eigenvalue weighted by atomic mass is 9.95. The van der Waals surface area contributed by atoms with Crippen molar-refractivity contribution in [3.63, 3.8) is 0 Å². The molecule has 1 fully saturated rings. The van der Waals surface area contributed by atoms with Gasteiger partial charge in [0.05, 0.1) is 16.0 Å². The van der Waals surface area contributed by atoms with E-state index in [-0.39, 0.29) is 65.7 Å². The van der Waals surface area contributed by atoms with Crippen molar-refractivity contribution in [2.24, 2.45) is 11.8 Å². The van der Waals surface area contributed by atoms with Crippen molar-refractivity contribution in [1.82, 2.24) is 41.3 Å². The third-order valence-electron chi connectivity index (χ3n) is 11.5. The summed E-state index contributed by atoms with van der Waals surface area (Å²) in [5.74, 6) is -1.67. The summed E-state index contributed by atoms with van der Waals surface area (Å²) in [7, 11) is 5.25. The van der Waals surface area contributed by atoms with Crippen LogP contribution in [0.2, 0.25) is 0 Å². The summed E-state index contributed by atoms with van der Waals surface area (Å²) in [6.45, 7) is 13.8. The van der Waals surface area contributed by atoms with E-state index in [1.54, 1.807) is 29.3 Å². The molecule has 1 aliphatic rings. The van der Waals surface area contributed by atoms with Crippen molar-refractivity contribution in [3.05, 3.63) is 74.4 Å². The van der Waals surface area contributed by atoms with Crippen LogP contribution in [0.25, 0.3) is 0 Å². The van der Waals surface area contributed by atoms with Gasteiger partial charge in [-0.15, -0.1) is 11.3 Å². The zero-order valence-electron chi connectivity index (χ0n) is 43.8. The van der Waals surface area contributed by atoms with E-state index >= 15 is 0 Å². The van der Waals surface area contributed by atoms with Crippen LogP contribution in [0, 0.1) is 22.0 Å². The third-order valence-corrected chi connectivity index (χ3v) is 14.7. The van der Waals surface area contributed by atoms with E-state index in [0.717, 1.165) is 68.5 Å². The number of nitrogens with one attached hydrogen (secondary N) is 4. The lowest BCUT2D eigenvalue weighted by Gasteiger charge is -2.35. The van der Waals surface area contributed by atoms with Crippen LogP contribution in [0.3, 0.4) is 0 Å². The molecule has 1 aliphatic heterocycles. The fraction of sp³-hybridized carbons (Fsp3) is 0.620. The molecule has 20 nitrogen and oxygen atoms in total. The number of pyridine rings is 1. The minimum absolute atomic E-state index is 0.0424. The third kappa shape index (κ3) is 24.2. The second kappa shape index (κ2) is 36.8. The number of likely N-dealkylation sites (tertiary alicyclic amines) is 1. The van der Waals surface area contributed by atoms with Crippen molar-refractivity contribution < 1.29 is 48.6 Å². The number of aromatic nitrogens is 2. The van der Waals surface area contributed by atoms with E-state index in [0.29, 0.717) is 49.6 Å². The Hall–Kier alpha value is -5.07. The maximum atomic E-state index is 14.2. The minimum Gasteiger partial charge on any atom is -0.508 e. The zero-order chi connectivity index (χ0) is 54.1. The SMILES string of the molecule is CCC.CCCCCOCN(CCCc1nc(C(=O)N[C@@H](Cc2ccc(O)cc2)CC(C)C(=O)NNC(=O)OCCSSc2ncccc2[N+](=O)[O-])cs1)C(=O)C(NC(=O)C1CCCCN1C)C(C)CC.CO. The molecule has 0 bridgehead atoms. The molecule has 1 saturated heterocycles. The summed E-state index contributed by atoms with van der Waals surface area (Å²) in [4.78, 5) is 89.9. The second-order valence-corrected chi connectivity index (χ2v) is 20.9. The van der Waals surface area contributed by atoms with Gasteiger partial charge in [-0.2, -0.15) is 0 Å². The average Bonchev–Trinajstić information content (AvgIpc) is 3.87. The first kappa shape index (κ1) is 64.0. The van der Waals surface area contributed by atoms with Crippen molar-refractivity contribution in [2.75, 3.05) is 52.9 Å². The number of hydrazine groups is 1. The Morgan fingerprint density at radius 2 is 1.73 bits per heavy atom. The number of carbonyl (C=O) groups excluding carboxylic acids is 5. The standard InChI is InChI=1S/C46H67N9O10S3.C3H8.CH4O/c1-6-8-11-24-64-30-54(45(60)40(31(3)7-2)50-43(59)37-14-9-10-22-53(37)5)23-13-16-39-49-36(29-66-39)42(58)48-34(28-33-17-19-35(56)20-18-33)27-32(4)41(57)51-52-46(61)65-25-26-67-68-44-38(55(62)63)15-12-21-47-44;1-3-2;1-2/h12,15,17-21,29,31-32,34,37,40,56H,6-11,13-14,16,22-28,30H2,1-5H3,(H,48,58)(H,50,59)(H,51,57)(H,52,61);3H2,1-2H3;2H,1H3/t31?,32?,34-,37?,40?;;/m1../s1. The van der Waals surface area contributed by atoms with Crippen LogP contribution in [0.5, 0.6) is 5.75 Å². The molecule has 73 heavy (non-hydrogen) atoms. The number of benzene rings is 1. The van der Waals surface area contributed by atoms with E-state index in [9.17, 15) is 39.2 Å². The number of likely N-dealkylation sites (N-methyl/N-ethyl adjacent to an activating group) is 1. The van der Waals surface area contributed by atoms with Crippen molar-refractivity contribution >= 4 is 68.3 Å². The number of aromatic hydroxyl groups is 1. The van der Waals surface area contributed by atoms with Crippen molar-refractivity contribution in [2.45, 2.75) is 142 Å². The first-order valence-electron chi connectivity index (χ1n) is 25.1. The number of nitro groups is 1. The number of nitrogens with zero attached hydrogens (tertiary/aromatic N) is 5. The van der Waals surface area contributed by atoms with Crippen LogP contribution in [-0.2, 0) is 36.7 Å². The highest BCUT2D eigenvalue weighted by molar-refractivity contribution is 8.76.